The van der Waals surface area contributed by atoms with Gasteiger partial charge in [-0.25, -0.2) is 9.59 Å². The topological polar surface area (TPSA) is 96.9 Å². The molecule has 1 spiro atoms. The van der Waals surface area contributed by atoms with Crippen molar-refractivity contribution in [3.05, 3.63) is 69.0 Å². The molecule has 9 heteroatoms. The zero-order chi connectivity index (χ0) is 32.1. The van der Waals surface area contributed by atoms with Crippen LogP contribution in [0, 0.1) is 40.4 Å². The molecule has 0 unspecified atom stereocenters. The van der Waals surface area contributed by atoms with Crippen LogP contribution in [0.5, 0.6) is 0 Å². The SMILES string of the molecule is CCC1(C2=C3OC(=O)C4=C3[C@@H](CC2)C[C@H]2[C@@H]3CC[C@@]5(C6=C3CC3=CCNC(=C3)NCSS[C@@H](O)[C@H](C)C/C=C/5OC6=O)[C@@H]42)CCCC1. The van der Waals surface area contributed by atoms with Crippen molar-refractivity contribution < 1.29 is 24.2 Å². The molecule has 0 aromatic heterocycles. The number of dihydropyridines is 1. The van der Waals surface area contributed by atoms with Gasteiger partial charge in [-0.15, -0.1) is 0 Å². The van der Waals surface area contributed by atoms with Gasteiger partial charge in [0.2, 0.25) is 0 Å². The Morgan fingerprint density at radius 3 is 2.72 bits per heavy atom. The van der Waals surface area contributed by atoms with Gasteiger partial charge in [-0.05, 0) is 117 Å². The molecular weight excluding hydrogens is 629 g/mol. The van der Waals surface area contributed by atoms with E-state index in [9.17, 15) is 14.7 Å². The summed E-state index contributed by atoms with van der Waals surface area (Å²) >= 11 is 0. The van der Waals surface area contributed by atoms with Gasteiger partial charge in [0.25, 0.3) is 0 Å². The molecule has 47 heavy (non-hydrogen) atoms. The zero-order valence-corrected chi connectivity index (χ0v) is 29.1. The second kappa shape index (κ2) is 11.3. The van der Waals surface area contributed by atoms with Crippen molar-refractivity contribution >= 4 is 33.5 Å². The molecule has 7 bridgehead atoms. The first-order valence-corrected chi connectivity index (χ1v) is 20.4. The first-order valence-electron chi connectivity index (χ1n) is 18.1. The molecule has 6 aliphatic carbocycles. The summed E-state index contributed by atoms with van der Waals surface area (Å²) in [6.07, 6.45) is 18.8. The molecule has 4 aliphatic heterocycles. The normalized spacial score (nSPS) is 40.0. The summed E-state index contributed by atoms with van der Waals surface area (Å²) in [4.78, 5) is 28.5. The number of ether oxygens (including phenoxy) is 2. The van der Waals surface area contributed by atoms with E-state index in [0.717, 1.165) is 80.0 Å². The van der Waals surface area contributed by atoms with E-state index in [2.05, 4.69) is 42.7 Å². The summed E-state index contributed by atoms with van der Waals surface area (Å²) in [6.45, 7) is 5.10. The minimum atomic E-state index is -0.664. The average molecular weight is 675 g/mol. The quantitative estimate of drug-likeness (QED) is 0.206. The van der Waals surface area contributed by atoms with Crippen molar-refractivity contribution in [3.63, 3.8) is 0 Å². The summed E-state index contributed by atoms with van der Waals surface area (Å²) in [5.74, 6) is 3.58. The molecule has 2 saturated carbocycles. The smallest absolute Gasteiger partial charge is 0.340 e. The van der Waals surface area contributed by atoms with Crippen LogP contribution >= 0.6 is 21.6 Å². The lowest BCUT2D eigenvalue weighted by molar-refractivity contribution is -0.135. The molecule has 4 heterocycles. The van der Waals surface area contributed by atoms with Crippen molar-refractivity contribution in [2.75, 3.05) is 12.4 Å². The number of fused-ring (bicyclic) bond motifs is 2. The molecule has 0 amide bonds. The number of rotatable bonds is 2. The lowest BCUT2D eigenvalue weighted by Gasteiger charge is -2.57. The van der Waals surface area contributed by atoms with Gasteiger partial charge in [-0.2, -0.15) is 0 Å². The predicted molar refractivity (Wildman–Crippen MR) is 184 cm³/mol. The van der Waals surface area contributed by atoms with Crippen molar-refractivity contribution in [2.24, 2.45) is 40.4 Å². The number of aliphatic hydroxyl groups excluding tert-OH is 1. The standard InChI is InChI=1S/C38H46N2O5S2/c1-3-37(12-4-5-13-37)26-8-7-22-18-25-23-10-14-38(31(25)30-29(22)33(26)45-34(30)41)27-9-6-20(2)36(43)47-46-19-40-28-17-21(11-15-39-28)16-24(23)32(38)35(42)44-27/h9,11,17,20,22-23,25,31,36,39-40,43H,3-8,10,12-16,18-19H2,1-2H3/b27-9-/t20-,22+,23-,25+,31-,36-,38+/m1/s1. The highest BCUT2D eigenvalue weighted by Gasteiger charge is 2.69. The number of hydrogen-bond donors (Lipinski definition) is 3. The van der Waals surface area contributed by atoms with Gasteiger partial charge < -0.3 is 25.2 Å². The van der Waals surface area contributed by atoms with E-state index in [-0.39, 0.29) is 41.0 Å². The van der Waals surface area contributed by atoms with Gasteiger partial charge in [0, 0.05) is 23.6 Å². The van der Waals surface area contributed by atoms with E-state index in [4.69, 9.17) is 9.47 Å². The molecule has 0 aromatic carbocycles. The number of hydrogen-bond acceptors (Lipinski definition) is 9. The Morgan fingerprint density at radius 1 is 1.04 bits per heavy atom. The molecule has 10 aliphatic rings. The molecule has 10 rings (SSSR count). The van der Waals surface area contributed by atoms with Crippen LogP contribution in [0.1, 0.15) is 90.9 Å². The monoisotopic (exact) mass is 674 g/mol. The van der Waals surface area contributed by atoms with Crippen LogP contribution in [-0.2, 0) is 19.1 Å². The van der Waals surface area contributed by atoms with E-state index in [0.29, 0.717) is 18.2 Å². The minimum Gasteiger partial charge on any atom is -0.427 e. The third-order valence-electron chi connectivity index (χ3n) is 13.5. The molecule has 7 nitrogen and oxygen atoms in total. The molecule has 7 atom stereocenters. The van der Waals surface area contributed by atoms with Gasteiger partial charge in [0.05, 0.1) is 22.7 Å². The molecule has 1 saturated heterocycles. The molecule has 0 aromatic rings. The van der Waals surface area contributed by atoms with Crippen LogP contribution in [0.3, 0.4) is 0 Å². The van der Waals surface area contributed by atoms with Gasteiger partial charge in [-0.1, -0.05) is 59.9 Å². The Hall–Kier alpha value is -2.36. The molecular formula is C38H46N2O5S2. The summed E-state index contributed by atoms with van der Waals surface area (Å²) in [7, 11) is 3.08. The number of nitrogens with one attached hydrogen (secondary N) is 2. The van der Waals surface area contributed by atoms with E-state index < -0.39 is 10.9 Å². The molecule has 3 N–H and O–H groups in total. The second-order valence-corrected chi connectivity index (χ2v) is 18.0. The highest BCUT2D eigenvalue weighted by atomic mass is 33.1. The van der Waals surface area contributed by atoms with Crippen molar-refractivity contribution in [3.8, 4) is 0 Å². The van der Waals surface area contributed by atoms with E-state index in [1.165, 1.54) is 58.8 Å². The fraction of sp³-hybridized carbons (Fsp3) is 0.632. The lowest BCUT2D eigenvalue weighted by Crippen LogP contribution is -2.53. The van der Waals surface area contributed by atoms with Gasteiger partial charge in [-0.3, -0.25) is 0 Å². The van der Waals surface area contributed by atoms with Crippen molar-refractivity contribution in [1.29, 1.82) is 0 Å². The van der Waals surface area contributed by atoms with Crippen LogP contribution in [0.2, 0.25) is 0 Å². The molecule has 3 fully saturated rings. The Bertz CT molecular complexity index is 1630. The molecule has 0 radical (unpaired) electrons. The maximum Gasteiger partial charge on any atom is 0.340 e. The van der Waals surface area contributed by atoms with E-state index in [1.54, 1.807) is 10.8 Å². The zero-order valence-electron chi connectivity index (χ0n) is 27.5. The number of allylic oxidation sites excluding steroid dienone is 7. The Morgan fingerprint density at radius 2 is 1.89 bits per heavy atom. The largest absolute Gasteiger partial charge is 0.427 e. The maximum atomic E-state index is 14.3. The Labute approximate surface area is 285 Å². The van der Waals surface area contributed by atoms with Crippen molar-refractivity contribution in [1.82, 2.24) is 10.6 Å². The van der Waals surface area contributed by atoms with Gasteiger partial charge in [0.1, 0.15) is 17.0 Å². The summed E-state index contributed by atoms with van der Waals surface area (Å²) in [6, 6.07) is 0. The maximum absolute atomic E-state index is 14.3. The number of aliphatic hydroxyl groups is 1. The third kappa shape index (κ3) is 4.43. The highest BCUT2D eigenvalue weighted by Crippen LogP contribution is 2.72. The minimum absolute atomic E-state index is 0.0333. The number of carbonyl (C=O) groups is 2. The number of esters is 2. The number of carbonyl (C=O) groups excluding carboxylic acids is 2. The van der Waals surface area contributed by atoms with E-state index >= 15 is 0 Å². The van der Waals surface area contributed by atoms with Gasteiger partial charge in [0.15, 0.2) is 0 Å². The van der Waals surface area contributed by atoms with E-state index in [1.807, 2.05) is 0 Å². The van der Waals surface area contributed by atoms with Crippen LogP contribution in [-0.4, -0.2) is 34.9 Å². The van der Waals surface area contributed by atoms with Crippen LogP contribution in [0.25, 0.3) is 0 Å². The lowest BCUT2D eigenvalue weighted by atomic mass is 9.43. The highest BCUT2D eigenvalue weighted by molar-refractivity contribution is 8.76. The summed E-state index contributed by atoms with van der Waals surface area (Å²) in [5.41, 5.74) is 5.66. The van der Waals surface area contributed by atoms with Crippen molar-refractivity contribution in [2.45, 2.75) is 96.3 Å². The predicted octanol–water partition coefficient (Wildman–Crippen LogP) is 7.31. The fourth-order valence-corrected chi connectivity index (χ4v) is 13.5. The third-order valence-corrected chi connectivity index (χ3v) is 16.0. The summed E-state index contributed by atoms with van der Waals surface area (Å²) < 4.78 is 12.8. The Kier molecular flexibility index (Phi) is 7.40. The van der Waals surface area contributed by atoms with Crippen LogP contribution < -0.4 is 10.6 Å². The fourth-order valence-electron chi connectivity index (χ4n) is 11.4. The van der Waals surface area contributed by atoms with Gasteiger partial charge >= 0.3 is 11.9 Å². The summed E-state index contributed by atoms with van der Waals surface area (Å²) in [5, 5.41) is 18.0. The second-order valence-electron chi connectivity index (χ2n) is 15.5. The first kappa shape index (κ1) is 30.7. The average Bonchev–Trinajstić information content (AvgIpc) is 3.78. The molecule has 250 valence electrons. The Balaban J connectivity index is 1.23. The van der Waals surface area contributed by atoms with Crippen LogP contribution in [0.4, 0.5) is 0 Å². The van der Waals surface area contributed by atoms with Crippen LogP contribution in [0.15, 0.2) is 69.0 Å². The first-order chi connectivity index (χ1) is 22.8.